The minimum Gasteiger partial charge on any atom is -0.384 e. The number of para-hydroxylation sites is 1. The highest BCUT2D eigenvalue weighted by Gasteiger charge is 2.24. The molecule has 1 amide bonds. The van der Waals surface area contributed by atoms with Gasteiger partial charge in [-0.15, -0.1) is 0 Å². The van der Waals surface area contributed by atoms with Crippen molar-refractivity contribution < 1.29 is 4.79 Å². The Kier molecular flexibility index (Phi) is 3.18. The number of nitrogens with one attached hydrogen (secondary N) is 2. The zero-order valence-corrected chi connectivity index (χ0v) is 11.7. The zero-order valence-electron chi connectivity index (χ0n) is 11.7. The number of aryl methyl sites for hydroxylation is 2. The molecule has 1 aromatic carbocycles. The van der Waals surface area contributed by atoms with Gasteiger partial charge in [-0.2, -0.15) is 5.10 Å². The fraction of sp³-hybridized carbons (Fsp3) is 0.333. The highest BCUT2D eigenvalue weighted by molar-refractivity contribution is 5.92. The second-order valence-corrected chi connectivity index (χ2v) is 5.22. The third-order valence-electron chi connectivity index (χ3n) is 3.65. The molecule has 5 heteroatoms. The molecule has 1 aliphatic rings. The van der Waals surface area contributed by atoms with Crippen LogP contribution < -0.4 is 10.6 Å². The third-order valence-corrected chi connectivity index (χ3v) is 3.65. The summed E-state index contributed by atoms with van der Waals surface area (Å²) in [6.07, 6.45) is 0.770. The summed E-state index contributed by atoms with van der Waals surface area (Å²) < 4.78 is 1.69. The Labute approximate surface area is 118 Å². The molecule has 0 radical (unpaired) electrons. The molecule has 1 aromatic heterocycles. The van der Waals surface area contributed by atoms with E-state index in [9.17, 15) is 4.79 Å². The number of benzene rings is 1. The van der Waals surface area contributed by atoms with E-state index in [-0.39, 0.29) is 11.8 Å². The summed E-state index contributed by atoms with van der Waals surface area (Å²) in [5, 5.41) is 10.5. The summed E-state index contributed by atoms with van der Waals surface area (Å²) in [5.41, 5.74) is 3.22. The Morgan fingerprint density at radius 2 is 2.25 bits per heavy atom. The lowest BCUT2D eigenvalue weighted by Gasteiger charge is -2.25. The predicted molar refractivity (Wildman–Crippen MR) is 78.7 cm³/mol. The first-order valence-electron chi connectivity index (χ1n) is 6.77. The summed E-state index contributed by atoms with van der Waals surface area (Å²) in [6.45, 7) is 2.58. The van der Waals surface area contributed by atoms with Gasteiger partial charge in [0.2, 0.25) is 5.91 Å². The average molecular weight is 270 g/mol. The molecule has 0 saturated heterocycles. The standard InChI is InChI=1S/C15H18N4O/c1-10-7-14(19(2)18-10)17-15(20)12-8-11-5-3-4-6-13(11)16-9-12/h3-7,12,16H,8-9H2,1-2H3,(H,17,20). The average Bonchev–Trinajstić information content (AvgIpc) is 2.76. The van der Waals surface area contributed by atoms with E-state index >= 15 is 0 Å². The van der Waals surface area contributed by atoms with Crippen LogP contribution in [-0.4, -0.2) is 22.2 Å². The largest absolute Gasteiger partial charge is 0.384 e. The molecule has 2 aromatic rings. The van der Waals surface area contributed by atoms with E-state index in [0.717, 1.165) is 23.6 Å². The van der Waals surface area contributed by atoms with Gasteiger partial charge in [0.25, 0.3) is 0 Å². The summed E-state index contributed by atoms with van der Waals surface area (Å²) in [5.74, 6) is 0.724. The minimum absolute atomic E-state index is 0.0370. The van der Waals surface area contributed by atoms with E-state index in [1.165, 1.54) is 5.56 Å². The van der Waals surface area contributed by atoms with Gasteiger partial charge in [-0.1, -0.05) is 18.2 Å². The fourth-order valence-corrected chi connectivity index (χ4v) is 2.58. The lowest BCUT2D eigenvalue weighted by molar-refractivity contribution is -0.119. The van der Waals surface area contributed by atoms with Gasteiger partial charge in [0, 0.05) is 25.3 Å². The van der Waals surface area contributed by atoms with Gasteiger partial charge < -0.3 is 10.6 Å². The zero-order chi connectivity index (χ0) is 14.1. The summed E-state index contributed by atoms with van der Waals surface area (Å²) in [7, 11) is 1.83. The smallest absolute Gasteiger partial charge is 0.230 e. The van der Waals surface area contributed by atoms with Crippen molar-refractivity contribution >= 4 is 17.4 Å². The maximum absolute atomic E-state index is 12.3. The molecule has 0 bridgehead atoms. The molecular weight excluding hydrogens is 252 g/mol. The molecule has 104 valence electrons. The van der Waals surface area contributed by atoms with Gasteiger partial charge in [0.1, 0.15) is 5.82 Å². The van der Waals surface area contributed by atoms with Crippen LogP contribution in [0.2, 0.25) is 0 Å². The van der Waals surface area contributed by atoms with Crippen LogP contribution in [0.25, 0.3) is 0 Å². The van der Waals surface area contributed by atoms with Crippen molar-refractivity contribution in [2.45, 2.75) is 13.3 Å². The summed E-state index contributed by atoms with van der Waals surface area (Å²) in [6, 6.07) is 10.0. The quantitative estimate of drug-likeness (QED) is 0.877. The Hall–Kier alpha value is -2.30. The van der Waals surface area contributed by atoms with E-state index < -0.39 is 0 Å². The topological polar surface area (TPSA) is 59.0 Å². The normalized spacial score (nSPS) is 17.2. The summed E-state index contributed by atoms with van der Waals surface area (Å²) >= 11 is 0. The van der Waals surface area contributed by atoms with Crippen molar-refractivity contribution in [3.63, 3.8) is 0 Å². The van der Waals surface area contributed by atoms with Crippen LogP contribution in [0.1, 0.15) is 11.3 Å². The van der Waals surface area contributed by atoms with Crippen molar-refractivity contribution in [3.8, 4) is 0 Å². The van der Waals surface area contributed by atoms with Crippen molar-refractivity contribution in [2.24, 2.45) is 13.0 Å². The van der Waals surface area contributed by atoms with Crippen molar-refractivity contribution in [3.05, 3.63) is 41.6 Å². The van der Waals surface area contributed by atoms with Gasteiger partial charge in [-0.3, -0.25) is 9.48 Å². The number of nitrogens with zero attached hydrogens (tertiary/aromatic N) is 2. The van der Waals surface area contributed by atoms with Crippen molar-refractivity contribution in [1.82, 2.24) is 9.78 Å². The van der Waals surface area contributed by atoms with Gasteiger partial charge in [-0.05, 0) is 25.0 Å². The minimum atomic E-state index is -0.0555. The number of hydrogen-bond acceptors (Lipinski definition) is 3. The Balaban J connectivity index is 1.72. The predicted octanol–water partition coefficient (Wildman–Crippen LogP) is 1.95. The van der Waals surface area contributed by atoms with Gasteiger partial charge in [-0.25, -0.2) is 0 Å². The molecule has 0 fully saturated rings. The van der Waals surface area contributed by atoms with E-state index in [2.05, 4.69) is 21.8 Å². The number of carbonyl (C=O) groups is 1. The van der Waals surface area contributed by atoms with Crippen LogP contribution in [-0.2, 0) is 18.3 Å². The Morgan fingerprint density at radius 1 is 1.45 bits per heavy atom. The maximum atomic E-state index is 12.3. The molecule has 0 spiro atoms. The SMILES string of the molecule is Cc1cc(NC(=O)C2CNc3ccccc3C2)n(C)n1. The second kappa shape index (κ2) is 5.00. The number of carbonyl (C=O) groups excluding carboxylic acids is 1. The van der Waals surface area contributed by atoms with Crippen LogP contribution in [0.5, 0.6) is 0 Å². The number of anilines is 2. The highest BCUT2D eigenvalue weighted by atomic mass is 16.2. The number of aromatic nitrogens is 2. The maximum Gasteiger partial charge on any atom is 0.230 e. The molecule has 3 rings (SSSR count). The molecule has 1 aliphatic heterocycles. The molecule has 1 unspecified atom stereocenters. The van der Waals surface area contributed by atoms with Gasteiger partial charge in [0.05, 0.1) is 11.6 Å². The van der Waals surface area contributed by atoms with Crippen LogP contribution in [0.3, 0.4) is 0 Å². The van der Waals surface area contributed by atoms with Crippen LogP contribution >= 0.6 is 0 Å². The third kappa shape index (κ3) is 2.39. The number of fused-ring (bicyclic) bond motifs is 1. The van der Waals surface area contributed by atoms with Crippen molar-refractivity contribution in [2.75, 3.05) is 17.2 Å². The van der Waals surface area contributed by atoms with Gasteiger partial charge >= 0.3 is 0 Å². The molecule has 20 heavy (non-hydrogen) atoms. The molecule has 2 N–H and O–H groups in total. The molecule has 2 heterocycles. The van der Waals surface area contributed by atoms with Gasteiger partial charge in [0.15, 0.2) is 0 Å². The molecular formula is C15H18N4O. The molecule has 1 atom stereocenters. The first-order chi connectivity index (χ1) is 9.63. The van der Waals surface area contributed by atoms with Crippen molar-refractivity contribution in [1.29, 1.82) is 0 Å². The highest BCUT2D eigenvalue weighted by Crippen LogP contribution is 2.25. The number of hydrogen-bond donors (Lipinski definition) is 2. The fourth-order valence-electron chi connectivity index (χ4n) is 2.58. The summed E-state index contributed by atoms with van der Waals surface area (Å²) in [4.78, 5) is 12.3. The van der Waals surface area contributed by atoms with Crippen LogP contribution in [0.15, 0.2) is 30.3 Å². The van der Waals surface area contributed by atoms with Crippen LogP contribution in [0.4, 0.5) is 11.5 Å². The lowest BCUT2D eigenvalue weighted by Crippen LogP contribution is -2.34. The molecule has 5 nitrogen and oxygen atoms in total. The second-order valence-electron chi connectivity index (χ2n) is 5.22. The van der Waals surface area contributed by atoms with E-state index in [1.807, 2.05) is 38.2 Å². The van der Waals surface area contributed by atoms with E-state index in [0.29, 0.717) is 6.54 Å². The Bertz CT molecular complexity index is 647. The van der Waals surface area contributed by atoms with E-state index in [4.69, 9.17) is 0 Å². The monoisotopic (exact) mass is 270 g/mol. The molecule has 0 aliphatic carbocycles. The Morgan fingerprint density at radius 3 is 3.00 bits per heavy atom. The lowest BCUT2D eigenvalue weighted by atomic mass is 9.93. The number of rotatable bonds is 2. The molecule has 0 saturated carbocycles. The first-order valence-corrected chi connectivity index (χ1v) is 6.77. The first kappa shape index (κ1) is 12.7. The van der Waals surface area contributed by atoms with E-state index in [1.54, 1.807) is 4.68 Å². The number of amides is 1. The van der Waals surface area contributed by atoms with Crippen LogP contribution in [0, 0.1) is 12.8 Å².